The van der Waals surface area contributed by atoms with Crippen LogP contribution in [0.5, 0.6) is 0 Å². The first-order chi connectivity index (χ1) is 30.9. The lowest BCUT2D eigenvalue weighted by Crippen LogP contribution is -2.15. The van der Waals surface area contributed by atoms with Crippen LogP contribution in [0.25, 0.3) is 0 Å². The Morgan fingerprint density at radius 1 is 0.177 bits per heavy atom. The topological polar surface area (TPSA) is 120 Å². The van der Waals surface area contributed by atoms with Gasteiger partial charge in [0.05, 0.1) is 159 Å². The molecule has 0 saturated carbocycles. The molecule has 0 N–H and O–H groups in total. The molecule has 0 radical (unpaired) electrons. The summed E-state index contributed by atoms with van der Waals surface area (Å²) in [6, 6.07) is 0. The molecule has 0 bridgehead atoms. The van der Waals surface area contributed by atoms with Crippen molar-refractivity contribution in [1.82, 2.24) is 0 Å². The molecule has 0 aromatic carbocycles. The van der Waals surface area contributed by atoms with E-state index >= 15 is 0 Å². The van der Waals surface area contributed by atoms with Crippen molar-refractivity contribution in [2.75, 3.05) is 176 Å². The van der Waals surface area contributed by atoms with Gasteiger partial charge in [0.15, 0.2) is 0 Å². The summed E-state index contributed by atoms with van der Waals surface area (Å²) in [4.78, 5) is 0. The summed E-state index contributed by atoms with van der Waals surface area (Å²) < 4.78 is 73.4. The fourth-order valence-electron chi connectivity index (χ4n) is 6.15. The third-order valence-corrected chi connectivity index (χ3v) is 10.5. The highest BCUT2D eigenvalue weighted by Crippen LogP contribution is 2.14. The van der Waals surface area contributed by atoms with Gasteiger partial charge in [0.1, 0.15) is 0 Å². The first kappa shape index (κ1) is 62.2. The predicted molar refractivity (Wildman–Crippen MR) is 258 cm³/mol. The minimum Gasteiger partial charge on any atom is -0.379 e. The molecule has 0 atom stereocenters. The first-order valence-corrected chi connectivity index (χ1v) is 26.5. The number of halogens is 1. The molecular weight excluding hydrogens is 911 g/mol. The van der Waals surface area contributed by atoms with Crippen LogP contribution in [0.4, 0.5) is 0 Å². The van der Waals surface area contributed by atoms with Gasteiger partial charge in [-0.3, -0.25) is 0 Å². The van der Waals surface area contributed by atoms with Crippen LogP contribution in [0.3, 0.4) is 0 Å². The van der Waals surface area contributed by atoms with Gasteiger partial charge in [-0.05, 0) is 23.7 Å². The van der Waals surface area contributed by atoms with E-state index < -0.39 is 0 Å². The summed E-state index contributed by atoms with van der Waals surface area (Å²) >= 11 is 2.42. The molecule has 0 fully saturated rings. The fraction of sp³-hybridized carbons (Fsp3) is 1.00. The van der Waals surface area contributed by atoms with Crippen LogP contribution in [-0.4, -0.2) is 176 Å². The summed E-state index contributed by atoms with van der Waals surface area (Å²) in [5, 5.41) is 0. The molecular formula is C48H97IO13. The van der Waals surface area contributed by atoms with E-state index in [1.807, 2.05) is 0 Å². The highest BCUT2D eigenvalue weighted by Gasteiger charge is 1.99. The molecule has 62 heavy (non-hydrogen) atoms. The Bertz CT molecular complexity index is 702. The Kier molecular flexibility index (Phi) is 61.4. The second-order valence-electron chi connectivity index (χ2n) is 15.4. The molecule has 0 heterocycles. The van der Waals surface area contributed by atoms with E-state index in [2.05, 4.69) is 29.5 Å². The molecule has 0 amide bonds. The third-order valence-electron chi connectivity index (χ3n) is 9.78. The van der Waals surface area contributed by atoms with Gasteiger partial charge in [-0.2, -0.15) is 0 Å². The number of unbranched alkanes of at least 4 members (excludes halogenated alkanes) is 18. The van der Waals surface area contributed by atoms with E-state index in [4.69, 9.17) is 61.6 Å². The van der Waals surface area contributed by atoms with Crippen molar-refractivity contribution in [3.8, 4) is 0 Å². The fourth-order valence-corrected chi connectivity index (χ4v) is 6.68. The summed E-state index contributed by atoms with van der Waals surface area (Å²) in [5.41, 5.74) is 0. The van der Waals surface area contributed by atoms with Crippen LogP contribution in [0.2, 0.25) is 0 Å². The van der Waals surface area contributed by atoms with Crippen LogP contribution < -0.4 is 0 Å². The van der Waals surface area contributed by atoms with Gasteiger partial charge in [0, 0.05) is 13.2 Å². The Hall–Kier alpha value is 0.210. The Labute approximate surface area is 394 Å². The second-order valence-corrected chi connectivity index (χ2v) is 16.4. The molecule has 374 valence electrons. The molecule has 13 nitrogen and oxygen atoms in total. The van der Waals surface area contributed by atoms with Crippen molar-refractivity contribution >= 4 is 22.6 Å². The van der Waals surface area contributed by atoms with E-state index in [9.17, 15) is 0 Å². The van der Waals surface area contributed by atoms with Crippen molar-refractivity contribution in [2.45, 2.75) is 135 Å². The van der Waals surface area contributed by atoms with E-state index in [1.165, 1.54) is 120 Å². The Morgan fingerprint density at radius 3 is 0.500 bits per heavy atom. The van der Waals surface area contributed by atoms with Gasteiger partial charge in [-0.15, -0.1) is 0 Å². The summed E-state index contributed by atoms with van der Waals surface area (Å²) in [5.74, 6) is 0. The number of alkyl halides is 1. The molecule has 14 heteroatoms. The molecule has 0 spiro atoms. The maximum atomic E-state index is 5.70. The van der Waals surface area contributed by atoms with Crippen LogP contribution in [0.15, 0.2) is 0 Å². The summed E-state index contributed by atoms with van der Waals surface area (Å²) in [6.45, 7) is 17.1. The van der Waals surface area contributed by atoms with Crippen LogP contribution in [-0.2, 0) is 61.6 Å². The quantitative estimate of drug-likeness (QED) is 0.0327. The summed E-state index contributed by atoms with van der Waals surface area (Å²) in [7, 11) is 0. The highest BCUT2D eigenvalue weighted by molar-refractivity contribution is 14.1. The second kappa shape index (κ2) is 61.2. The van der Waals surface area contributed by atoms with Gasteiger partial charge in [0.25, 0.3) is 0 Å². The normalized spacial score (nSPS) is 11.7. The monoisotopic (exact) mass is 1010 g/mol. The van der Waals surface area contributed by atoms with Crippen molar-refractivity contribution < 1.29 is 61.6 Å². The van der Waals surface area contributed by atoms with Crippen molar-refractivity contribution in [3.63, 3.8) is 0 Å². The zero-order chi connectivity index (χ0) is 44.4. The molecule has 0 aliphatic heterocycles. The Balaban J connectivity index is 3.06. The molecule has 0 aliphatic rings. The largest absolute Gasteiger partial charge is 0.379 e. The lowest BCUT2D eigenvalue weighted by atomic mass is 10.0. The maximum absolute atomic E-state index is 5.70. The molecule has 0 saturated heterocycles. The van der Waals surface area contributed by atoms with Gasteiger partial charge in [-0.1, -0.05) is 139 Å². The number of rotatable bonds is 59. The van der Waals surface area contributed by atoms with Crippen molar-refractivity contribution in [2.24, 2.45) is 0 Å². The SMILES string of the molecule is CCCCCCCCCCCCCCCCCCOCCOCCOCCOCCOCCOCCOCCOCCOCCOCCOCCOCCOCCCCCCI. The van der Waals surface area contributed by atoms with Gasteiger partial charge >= 0.3 is 0 Å². The molecule has 0 aromatic heterocycles. The maximum Gasteiger partial charge on any atom is 0.0701 e. The van der Waals surface area contributed by atoms with Gasteiger partial charge in [-0.25, -0.2) is 0 Å². The van der Waals surface area contributed by atoms with Gasteiger partial charge < -0.3 is 61.6 Å². The zero-order valence-corrected chi connectivity index (χ0v) is 42.1. The lowest BCUT2D eigenvalue weighted by Gasteiger charge is -2.09. The van der Waals surface area contributed by atoms with E-state index in [0.29, 0.717) is 159 Å². The first-order valence-electron chi connectivity index (χ1n) is 25.0. The van der Waals surface area contributed by atoms with Crippen LogP contribution in [0.1, 0.15) is 135 Å². The zero-order valence-electron chi connectivity index (χ0n) is 39.9. The standard InChI is InChI=1S/C48H97IO13/c1-2-3-4-5-6-7-8-9-10-11-12-13-14-15-17-20-23-50-25-27-52-29-31-54-33-35-56-37-39-58-41-43-60-45-47-62-48-46-61-44-42-59-40-38-57-36-34-55-32-30-53-28-26-51-24-21-18-16-19-22-49/h2-48H2,1H3. The van der Waals surface area contributed by atoms with E-state index in [1.54, 1.807) is 0 Å². The lowest BCUT2D eigenvalue weighted by molar-refractivity contribution is -0.0290. The van der Waals surface area contributed by atoms with Crippen LogP contribution in [0, 0.1) is 0 Å². The number of ether oxygens (including phenoxy) is 13. The van der Waals surface area contributed by atoms with Crippen LogP contribution >= 0.6 is 22.6 Å². The Morgan fingerprint density at radius 2 is 0.323 bits per heavy atom. The molecule has 0 aliphatic carbocycles. The molecule has 0 rings (SSSR count). The van der Waals surface area contributed by atoms with Gasteiger partial charge in [0.2, 0.25) is 0 Å². The van der Waals surface area contributed by atoms with Crippen molar-refractivity contribution in [1.29, 1.82) is 0 Å². The average molecular weight is 1010 g/mol. The van der Waals surface area contributed by atoms with E-state index in [0.717, 1.165) is 26.1 Å². The highest BCUT2D eigenvalue weighted by atomic mass is 127. The minimum atomic E-state index is 0.517. The number of hydrogen-bond donors (Lipinski definition) is 0. The molecule has 0 unspecified atom stereocenters. The summed E-state index contributed by atoms with van der Waals surface area (Å²) in [6.07, 6.45) is 27.2. The average Bonchev–Trinajstić information content (AvgIpc) is 3.28. The van der Waals surface area contributed by atoms with Crippen molar-refractivity contribution in [3.05, 3.63) is 0 Å². The molecule has 0 aromatic rings. The predicted octanol–water partition coefficient (Wildman–Crippen LogP) is 9.46. The smallest absolute Gasteiger partial charge is 0.0701 e. The number of hydrogen-bond acceptors (Lipinski definition) is 13. The minimum absolute atomic E-state index is 0.517. The van der Waals surface area contributed by atoms with E-state index in [-0.39, 0.29) is 0 Å². The third kappa shape index (κ3) is 60.2.